The molecule has 2 atom stereocenters. The molecular formula is C14H28N2O. The third-order valence-corrected chi connectivity index (χ3v) is 3.40. The fourth-order valence-corrected chi connectivity index (χ4v) is 2.26. The van der Waals surface area contributed by atoms with Crippen LogP contribution in [0.2, 0.25) is 0 Å². The topological polar surface area (TPSA) is 41.1 Å². The van der Waals surface area contributed by atoms with E-state index >= 15 is 0 Å². The van der Waals surface area contributed by atoms with Crippen LogP contribution in [0.1, 0.15) is 59.8 Å². The first-order valence-corrected chi connectivity index (χ1v) is 6.91. The van der Waals surface area contributed by atoms with Gasteiger partial charge in [-0.25, -0.2) is 0 Å². The molecule has 1 fully saturated rings. The van der Waals surface area contributed by atoms with Crippen LogP contribution in [0.4, 0.5) is 0 Å². The van der Waals surface area contributed by atoms with Gasteiger partial charge in [-0.1, -0.05) is 19.8 Å². The zero-order valence-electron chi connectivity index (χ0n) is 11.8. The summed E-state index contributed by atoms with van der Waals surface area (Å²) in [5, 5.41) is 6.37. The summed E-state index contributed by atoms with van der Waals surface area (Å²) in [5.74, 6) is 0.962. The van der Waals surface area contributed by atoms with Crippen LogP contribution < -0.4 is 10.6 Å². The second-order valence-corrected chi connectivity index (χ2v) is 6.48. The quantitative estimate of drug-likeness (QED) is 0.744. The predicted molar refractivity (Wildman–Crippen MR) is 71.9 cm³/mol. The smallest absolute Gasteiger partial charge is 0.234 e. The van der Waals surface area contributed by atoms with Gasteiger partial charge in [0.25, 0.3) is 0 Å². The first kappa shape index (κ1) is 14.5. The average Bonchev–Trinajstić information content (AvgIpc) is 2.40. The van der Waals surface area contributed by atoms with Crippen molar-refractivity contribution in [3.63, 3.8) is 0 Å². The molecule has 0 radical (unpaired) electrons. The Morgan fingerprint density at radius 1 is 1.18 bits per heavy atom. The van der Waals surface area contributed by atoms with Gasteiger partial charge >= 0.3 is 0 Å². The Kier molecular flexibility index (Phi) is 5.44. The van der Waals surface area contributed by atoms with Gasteiger partial charge in [-0.15, -0.1) is 0 Å². The Morgan fingerprint density at radius 2 is 1.88 bits per heavy atom. The predicted octanol–water partition coefficient (Wildman–Crippen LogP) is 2.46. The van der Waals surface area contributed by atoms with Crippen LogP contribution in [0.25, 0.3) is 0 Å². The Balaban J connectivity index is 2.26. The maximum absolute atomic E-state index is 11.8. The number of rotatable bonds is 3. The van der Waals surface area contributed by atoms with Gasteiger partial charge < -0.3 is 10.6 Å². The van der Waals surface area contributed by atoms with E-state index in [1.165, 1.54) is 19.3 Å². The average molecular weight is 240 g/mol. The van der Waals surface area contributed by atoms with Gasteiger partial charge in [0.1, 0.15) is 0 Å². The van der Waals surface area contributed by atoms with Gasteiger partial charge in [-0.2, -0.15) is 0 Å². The van der Waals surface area contributed by atoms with Crippen LogP contribution in [0.15, 0.2) is 0 Å². The molecule has 100 valence electrons. The molecule has 0 aliphatic heterocycles. The molecule has 1 aliphatic rings. The number of hydrogen-bond donors (Lipinski definition) is 2. The molecule has 1 aliphatic carbocycles. The van der Waals surface area contributed by atoms with Crippen molar-refractivity contribution in [1.29, 1.82) is 0 Å². The van der Waals surface area contributed by atoms with Crippen molar-refractivity contribution < 1.29 is 4.79 Å². The number of amides is 1. The zero-order valence-corrected chi connectivity index (χ0v) is 11.8. The monoisotopic (exact) mass is 240 g/mol. The van der Waals surface area contributed by atoms with Gasteiger partial charge in [-0.05, 0) is 46.0 Å². The minimum atomic E-state index is 0.00923. The first-order valence-electron chi connectivity index (χ1n) is 6.91. The van der Waals surface area contributed by atoms with Crippen molar-refractivity contribution in [3.8, 4) is 0 Å². The lowest BCUT2D eigenvalue weighted by molar-refractivity contribution is -0.121. The molecule has 3 nitrogen and oxygen atoms in total. The van der Waals surface area contributed by atoms with Crippen molar-refractivity contribution in [2.75, 3.05) is 6.54 Å². The minimum absolute atomic E-state index is 0.00923. The number of nitrogens with one attached hydrogen (secondary N) is 2. The van der Waals surface area contributed by atoms with Gasteiger partial charge in [0.15, 0.2) is 0 Å². The largest absolute Gasteiger partial charge is 0.352 e. The van der Waals surface area contributed by atoms with Gasteiger partial charge in [0.05, 0.1) is 6.54 Å². The summed E-state index contributed by atoms with van der Waals surface area (Å²) in [6, 6.07) is 0.397. The molecule has 3 heteroatoms. The fraction of sp³-hybridized carbons (Fsp3) is 0.929. The van der Waals surface area contributed by atoms with E-state index in [0.717, 1.165) is 18.8 Å². The van der Waals surface area contributed by atoms with Crippen molar-refractivity contribution in [1.82, 2.24) is 10.6 Å². The molecule has 1 amide bonds. The summed E-state index contributed by atoms with van der Waals surface area (Å²) >= 11 is 0. The summed E-state index contributed by atoms with van der Waals surface area (Å²) in [7, 11) is 0. The molecule has 0 aromatic rings. The lowest BCUT2D eigenvalue weighted by Crippen LogP contribution is -2.45. The molecule has 2 N–H and O–H groups in total. The van der Waals surface area contributed by atoms with Crippen LogP contribution in [-0.2, 0) is 4.79 Å². The van der Waals surface area contributed by atoms with E-state index in [1.807, 2.05) is 0 Å². The van der Waals surface area contributed by atoms with E-state index in [-0.39, 0.29) is 11.4 Å². The van der Waals surface area contributed by atoms with Crippen LogP contribution in [0.5, 0.6) is 0 Å². The lowest BCUT2D eigenvalue weighted by Gasteiger charge is -2.22. The molecule has 1 saturated carbocycles. The molecular weight excluding hydrogens is 212 g/mol. The molecule has 17 heavy (non-hydrogen) atoms. The highest BCUT2D eigenvalue weighted by Gasteiger charge is 2.18. The zero-order chi connectivity index (χ0) is 12.9. The van der Waals surface area contributed by atoms with Crippen molar-refractivity contribution in [2.45, 2.75) is 71.4 Å². The fourth-order valence-electron chi connectivity index (χ4n) is 2.26. The Bertz CT molecular complexity index is 245. The summed E-state index contributed by atoms with van der Waals surface area (Å²) < 4.78 is 0. The molecule has 1 rings (SSSR count). The standard InChI is InChI=1S/C14H28N2O/c1-11-6-5-7-12(9-8-11)16-13(17)10-15-14(2,3)4/h11-12,15H,5-10H2,1-4H3,(H,16,17). The molecule has 0 bridgehead atoms. The molecule has 0 saturated heterocycles. The Morgan fingerprint density at radius 3 is 2.53 bits per heavy atom. The normalized spacial score (nSPS) is 26.4. The van der Waals surface area contributed by atoms with E-state index in [4.69, 9.17) is 0 Å². The highest BCUT2D eigenvalue weighted by atomic mass is 16.2. The van der Waals surface area contributed by atoms with E-state index in [0.29, 0.717) is 12.6 Å². The Hall–Kier alpha value is -0.570. The van der Waals surface area contributed by atoms with Crippen LogP contribution >= 0.6 is 0 Å². The molecule has 2 unspecified atom stereocenters. The van der Waals surface area contributed by atoms with Crippen LogP contribution in [0, 0.1) is 5.92 Å². The second-order valence-electron chi connectivity index (χ2n) is 6.48. The van der Waals surface area contributed by atoms with E-state index in [1.54, 1.807) is 0 Å². The number of hydrogen-bond acceptors (Lipinski definition) is 2. The summed E-state index contributed by atoms with van der Waals surface area (Å²) in [5.41, 5.74) is 0.00923. The summed E-state index contributed by atoms with van der Waals surface area (Å²) in [6.45, 7) is 8.97. The van der Waals surface area contributed by atoms with Crippen LogP contribution in [-0.4, -0.2) is 24.0 Å². The maximum atomic E-state index is 11.8. The summed E-state index contributed by atoms with van der Waals surface area (Å²) in [4.78, 5) is 11.8. The van der Waals surface area contributed by atoms with E-state index in [9.17, 15) is 4.79 Å². The number of carbonyl (C=O) groups is 1. The molecule has 0 aromatic heterocycles. The highest BCUT2D eigenvalue weighted by molar-refractivity contribution is 5.78. The minimum Gasteiger partial charge on any atom is -0.352 e. The van der Waals surface area contributed by atoms with E-state index in [2.05, 4.69) is 38.3 Å². The van der Waals surface area contributed by atoms with Crippen molar-refractivity contribution in [3.05, 3.63) is 0 Å². The third-order valence-electron chi connectivity index (χ3n) is 3.40. The maximum Gasteiger partial charge on any atom is 0.234 e. The highest BCUT2D eigenvalue weighted by Crippen LogP contribution is 2.22. The van der Waals surface area contributed by atoms with Gasteiger partial charge in [-0.3, -0.25) is 4.79 Å². The second kappa shape index (κ2) is 6.39. The molecule has 0 spiro atoms. The van der Waals surface area contributed by atoms with Crippen LogP contribution in [0.3, 0.4) is 0 Å². The SMILES string of the molecule is CC1CCCC(NC(=O)CNC(C)(C)C)CC1. The molecule has 0 aromatic carbocycles. The van der Waals surface area contributed by atoms with Gasteiger partial charge in [0, 0.05) is 11.6 Å². The van der Waals surface area contributed by atoms with Gasteiger partial charge in [0.2, 0.25) is 5.91 Å². The summed E-state index contributed by atoms with van der Waals surface area (Å²) in [6.07, 6.45) is 6.09. The van der Waals surface area contributed by atoms with Crippen molar-refractivity contribution in [2.24, 2.45) is 5.92 Å². The third kappa shape index (κ3) is 6.67. The Labute approximate surface area is 106 Å². The van der Waals surface area contributed by atoms with E-state index < -0.39 is 0 Å². The first-order chi connectivity index (χ1) is 7.87. The molecule has 0 heterocycles. The lowest BCUT2D eigenvalue weighted by atomic mass is 10.0. The number of carbonyl (C=O) groups excluding carboxylic acids is 1. The van der Waals surface area contributed by atoms with Crippen molar-refractivity contribution >= 4 is 5.91 Å².